The van der Waals surface area contributed by atoms with E-state index in [1.165, 1.54) is 0 Å². The van der Waals surface area contributed by atoms with Crippen LogP contribution in [0.2, 0.25) is 0 Å². The van der Waals surface area contributed by atoms with Gasteiger partial charge in [0.15, 0.2) is 0 Å². The Kier molecular flexibility index (Phi) is 5.93. The quantitative estimate of drug-likeness (QED) is 0.798. The molecule has 0 aromatic carbocycles. The number of nitrogens with one attached hydrogen (secondary N) is 1. The maximum absolute atomic E-state index is 12.0. The number of amides is 2. The van der Waals surface area contributed by atoms with Crippen molar-refractivity contribution in [2.45, 2.75) is 32.5 Å². The van der Waals surface area contributed by atoms with Gasteiger partial charge in [-0.05, 0) is 5.92 Å². The van der Waals surface area contributed by atoms with Crippen LogP contribution >= 0.6 is 0 Å². The number of urea groups is 1. The Morgan fingerprint density at radius 1 is 1.39 bits per heavy atom. The monoisotopic (exact) mass is 270 g/mol. The van der Waals surface area contributed by atoms with Crippen LogP contribution in [0.3, 0.4) is 0 Å². The molecular formula is C10H17F3N2O3. The molecule has 2 unspecified atom stereocenters. The fourth-order valence-corrected chi connectivity index (χ4v) is 1.27. The molecule has 0 saturated carbocycles. The van der Waals surface area contributed by atoms with E-state index >= 15 is 0 Å². The summed E-state index contributed by atoms with van der Waals surface area (Å²) in [6.07, 6.45) is -4.03. The summed E-state index contributed by atoms with van der Waals surface area (Å²) >= 11 is 0. The van der Waals surface area contributed by atoms with Gasteiger partial charge in [0.1, 0.15) is 12.6 Å². The highest BCUT2D eigenvalue weighted by atomic mass is 19.4. The number of rotatable bonds is 5. The molecule has 0 aliphatic heterocycles. The minimum Gasteiger partial charge on any atom is -0.480 e. The number of carbonyl (C=O) groups is 2. The summed E-state index contributed by atoms with van der Waals surface area (Å²) in [6.45, 7) is 1.90. The lowest BCUT2D eigenvalue weighted by atomic mass is 9.99. The van der Waals surface area contributed by atoms with Gasteiger partial charge in [0.05, 0.1) is 0 Å². The van der Waals surface area contributed by atoms with E-state index < -0.39 is 30.8 Å². The zero-order chi connectivity index (χ0) is 14.5. The lowest BCUT2D eigenvalue weighted by Crippen LogP contribution is -2.51. The molecule has 0 spiro atoms. The fraction of sp³-hybridized carbons (Fsp3) is 0.800. The van der Waals surface area contributed by atoms with E-state index in [0.717, 1.165) is 7.05 Å². The second-order valence-corrected chi connectivity index (χ2v) is 4.12. The molecule has 0 aliphatic rings. The average molecular weight is 270 g/mol. The van der Waals surface area contributed by atoms with Gasteiger partial charge in [-0.3, -0.25) is 0 Å². The minimum absolute atomic E-state index is 0.370. The van der Waals surface area contributed by atoms with Crippen molar-refractivity contribution < 1.29 is 27.9 Å². The summed E-state index contributed by atoms with van der Waals surface area (Å²) in [5.74, 6) is -1.64. The molecule has 0 rings (SSSR count). The number of halogens is 3. The molecule has 8 heteroatoms. The van der Waals surface area contributed by atoms with E-state index in [1.807, 2.05) is 0 Å². The van der Waals surface area contributed by atoms with Gasteiger partial charge in [-0.2, -0.15) is 13.2 Å². The zero-order valence-corrected chi connectivity index (χ0v) is 10.4. The zero-order valence-electron chi connectivity index (χ0n) is 10.4. The van der Waals surface area contributed by atoms with Crippen molar-refractivity contribution in [3.05, 3.63) is 0 Å². The number of carboxylic acids is 1. The topological polar surface area (TPSA) is 69.6 Å². The maximum Gasteiger partial charge on any atom is 0.406 e. The Morgan fingerprint density at radius 2 is 1.89 bits per heavy atom. The Balaban J connectivity index is 4.56. The molecule has 106 valence electrons. The Morgan fingerprint density at radius 3 is 2.22 bits per heavy atom. The largest absolute Gasteiger partial charge is 0.480 e. The predicted octanol–water partition coefficient (Wildman–Crippen LogP) is 1.69. The van der Waals surface area contributed by atoms with Crippen molar-refractivity contribution in [1.29, 1.82) is 0 Å². The summed E-state index contributed by atoms with van der Waals surface area (Å²) < 4.78 is 36.1. The summed E-state index contributed by atoms with van der Waals surface area (Å²) in [5.41, 5.74) is 0. The average Bonchev–Trinajstić information content (AvgIpc) is 2.21. The third-order valence-electron chi connectivity index (χ3n) is 2.52. The van der Waals surface area contributed by atoms with Crippen LogP contribution in [0, 0.1) is 5.92 Å². The highest BCUT2D eigenvalue weighted by molar-refractivity contribution is 5.82. The van der Waals surface area contributed by atoms with Gasteiger partial charge in [0.25, 0.3) is 0 Å². The van der Waals surface area contributed by atoms with Crippen molar-refractivity contribution in [1.82, 2.24) is 10.2 Å². The predicted molar refractivity (Wildman–Crippen MR) is 58.1 cm³/mol. The van der Waals surface area contributed by atoms with Gasteiger partial charge in [0, 0.05) is 7.05 Å². The lowest BCUT2D eigenvalue weighted by molar-refractivity contribution is -0.141. The Hall–Kier alpha value is -1.47. The lowest BCUT2D eigenvalue weighted by Gasteiger charge is -2.25. The van der Waals surface area contributed by atoms with E-state index in [0.29, 0.717) is 11.3 Å². The molecule has 2 N–H and O–H groups in total. The second-order valence-electron chi connectivity index (χ2n) is 4.12. The van der Waals surface area contributed by atoms with Crippen LogP contribution in [-0.2, 0) is 4.79 Å². The van der Waals surface area contributed by atoms with Gasteiger partial charge in [-0.1, -0.05) is 20.3 Å². The van der Waals surface area contributed by atoms with Crippen molar-refractivity contribution in [2.75, 3.05) is 13.6 Å². The molecule has 0 aromatic rings. The molecule has 2 atom stereocenters. The first kappa shape index (κ1) is 16.5. The summed E-state index contributed by atoms with van der Waals surface area (Å²) in [4.78, 5) is 22.7. The third-order valence-corrected chi connectivity index (χ3v) is 2.52. The van der Waals surface area contributed by atoms with Crippen LogP contribution in [0.5, 0.6) is 0 Å². The van der Waals surface area contributed by atoms with E-state index in [4.69, 9.17) is 5.11 Å². The van der Waals surface area contributed by atoms with Crippen LogP contribution < -0.4 is 5.32 Å². The molecule has 0 fully saturated rings. The van der Waals surface area contributed by atoms with Crippen LogP contribution in [0.15, 0.2) is 0 Å². The minimum atomic E-state index is -4.51. The first-order chi connectivity index (χ1) is 8.08. The first-order valence-electron chi connectivity index (χ1n) is 5.39. The second kappa shape index (κ2) is 6.46. The SMILES string of the molecule is CCC(C)C(NC(=O)N(C)CC(F)(F)F)C(=O)O. The Bertz CT molecular complexity index is 307. The van der Waals surface area contributed by atoms with Crippen molar-refractivity contribution in [3.63, 3.8) is 0 Å². The molecule has 0 heterocycles. The van der Waals surface area contributed by atoms with Crippen molar-refractivity contribution in [3.8, 4) is 0 Å². The molecular weight excluding hydrogens is 253 g/mol. The van der Waals surface area contributed by atoms with Crippen LogP contribution in [0.1, 0.15) is 20.3 Å². The van der Waals surface area contributed by atoms with E-state index in [1.54, 1.807) is 13.8 Å². The molecule has 5 nitrogen and oxygen atoms in total. The number of hydrogen-bond acceptors (Lipinski definition) is 2. The molecule has 0 aliphatic carbocycles. The van der Waals surface area contributed by atoms with E-state index in [-0.39, 0.29) is 5.92 Å². The van der Waals surface area contributed by atoms with Crippen LogP contribution in [0.25, 0.3) is 0 Å². The third kappa shape index (κ3) is 5.74. The first-order valence-corrected chi connectivity index (χ1v) is 5.39. The van der Waals surface area contributed by atoms with Gasteiger partial charge in [-0.15, -0.1) is 0 Å². The van der Waals surface area contributed by atoms with Crippen LogP contribution in [-0.4, -0.2) is 47.8 Å². The molecule has 0 bridgehead atoms. The normalized spacial score (nSPS) is 14.8. The van der Waals surface area contributed by atoms with Gasteiger partial charge in [0.2, 0.25) is 0 Å². The fourth-order valence-electron chi connectivity index (χ4n) is 1.27. The molecule has 2 amide bonds. The summed E-state index contributed by atoms with van der Waals surface area (Å²) in [5, 5.41) is 11.0. The smallest absolute Gasteiger partial charge is 0.406 e. The van der Waals surface area contributed by atoms with Gasteiger partial charge < -0.3 is 15.3 Å². The molecule has 0 radical (unpaired) electrons. The molecule has 18 heavy (non-hydrogen) atoms. The molecule has 0 aromatic heterocycles. The highest BCUT2D eigenvalue weighted by Crippen LogP contribution is 2.16. The van der Waals surface area contributed by atoms with Gasteiger partial charge >= 0.3 is 18.2 Å². The van der Waals surface area contributed by atoms with Crippen molar-refractivity contribution >= 4 is 12.0 Å². The number of aliphatic carboxylic acids is 1. The van der Waals surface area contributed by atoms with E-state index in [9.17, 15) is 22.8 Å². The molecule has 0 saturated heterocycles. The standard InChI is InChI=1S/C10H17F3N2O3/c1-4-6(2)7(8(16)17)14-9(18)15(3)5-10(11,12)13/h6-7H,4-5H2,1-3H3,(H,14,18)(H,16,17). The highest BCUT2D eigenvalue weighted by Gasteiger charge is 2.33. The van der Waals surface area contributed by atoms with Gasteiger partial charge in [-0.25, -0.2) is 9.59 Å². The summed E-state index contributed by atoms with van der Waals surface area (Å²) in [6, 6.07) is -2.25. The number of alkyl halides is 3. The number of carboxylic acid groups (broad SMARTS) is 1. The van der Waals surface area contributed by atoms with Crippen LogP contribution in [0.4, 0.5) is 18.0 Å². The maximum atomic E-state index is 12.0. The number of hydrogen-bond donors (Lipinski definition) is 2. The number of nitrogens with zero attached hydrogens (tertiary/aromatic N) is 1. The number of carbonyl (C=O) groups excluding carboxylic acids is 1. The Labute approximate surface area is 103 Å². The van der Waals surface area contributed by atoms with E-state index in [2.05, 4.69) is 5.32 Å². The summed E-state index contributed by atoms with van der Waals surface area (Å²) in [7, 11) is 0.957. The van der Waals surface area contributed by atoms with Crippen molar-refractivity contribution in [2.24, 2.45) is 5.92 Å².